The van der Waals surface area contributed by atoms with Crippen LogP contribution in [-0.4, -0.2) is 20.8 Å². The number of hydrogen-bond acceptors (Lipinski definition) is 4. The first kappa shape index (κ1) is 16.3. The molecule has 118 valence electrons. The highest BCUT2D eigenvalue weighted by Crippen LogP contribution is 2.33. The van der Waals surface area contributed by atoms with Crippen molar-refractivity contribution in [2.45, 2.75) is 18.6 Å². The molecule has 0 aliphatic rings. The Labute approximate surface area is 148 Å². The third kappa shape index (κ3) is 2.84. The number of halogens is 2. The second kappa shape index (κ2) is 6.51. The topological polar surface area (TPSA) is 54.6 Å². The Balaban J connectivity index is 2.40. The van der Waals surface area contributed by atoms with Gasteiger partial charge in [-0.15, -0.1) is 0 Å². The minimum atomic E-state index is 0.334. The lowest BCUT2D eigenvalue weighted by Crippen LogP contribution is -2.22. The van der Waals surface area contributed by atoms with Crippen LogP contribution in [0.3, 0.4) is 0 Å². The van der Waals surface area contributed by atoms with E-state index >= 15 is 0 Å². The third-order valence-electron chi connectivity index (χ3n) is 3.59. The summed E-state index contributed by atoms with van der Waals surface area (Å²) in [5, 5.41) is 11.1. The first-order chi connectivity index (χ1) is 11.1. The van der Waals surface area contributed by atoms with Crippen LogP contribution >= 0.6 is 35.0 Å². The Morgan fingerprint density at radius 1 is 1.26 bits per heavy atom. The molecule has 3 aromatic rings. The van der Waals surface area contributed by atoms with Crippen molar-refractivity contribution in [2.75, 3.05) is 6.26 Å². The van der Waals surface area contributed by atoms with E-state index in [1.807, 2.05) is 23.8 Å². The van der Waals surface area contributed by atoms with Crippen LogP contribution in [0.5, 0.6) is 0 Å². The largest absolute Gasteiger partial charge is 0.311 e. The van der Waals surface area contributed by atoms with Gasteiger partial charge in [0.05, 0.1) is 10.0 Å². The van der Waals surface area contributed by atoms with E-state index in [1.54, 1.807) is 24.4 Å². The van der Waals surface area contributed by atoms with Crippen LogP contribution in [0.25, 0.3) is 22.2 Å². The second-order valence-electron chi connectivity index (χ2n) is 4.88. The average Bonchev–Trinajstić information content (AvgIpc) is 2.54. The fraction of sp³-hybridized carbons (Fsp3) is 0.188. The monoisotopic (exact) mass is 364 g/mol. The minimum absolute atomic E-state index is 0.334. The highest BCUT2D eigenvalue weighted by Gasteiger charge is 2.15. The summed E-state index contributed by atoms with van der Waals surface area (Å²) in [6, 6.07) is 7.22. The summed E-state index contributed by atoms with van der Waals surface area (Å²) in [5.41, 5.74) is 2.42. The number of nitrogens with one attached hydrogen (secondary N) is 1. The van der Waals surface area contributed by atoms with Crippen molar-refractivity contribution < 1.29 is 0 Å². The van der Waals surface area contributed by atoms with Crippen molar-refractivity contribution in [3.63, 3.8) is 0 Å². The van der Waals surface area contributed by atoms with Crippen molar-refractivity contribution >= 4 is 46.0 Å². The number of nitrogens with zero attached hydrogens (tertiary/aromatic N) is 3. The zero-order valence-corrected chi connectivity index (χ0v) is 14.9. The number of thioether (sulfide) groups is 1. The van der Waals surface area contributed by atoms with E-state index < -0.39 is 0 Å². The van der Waals surface area contributed by atoms with Gasteiger partial charge in [0, 0.05) is 29.3 Å². The lowest BCUT2D eigenvalue weighted by molar-refractivity contribution is 0.719. The standard InChI is InChI=1S/C16H14Cl2N4S/c1-3-22-14(19)10(13-11(17)5-4-6-12(13)18)7-9-8-20-16(23-2)21-15(9)22/h4-8,19H,3H2,1-2H3. The molecule has 0 saturated heterocycles. The van der Waals surface area contributed by atoms with Crippen molar-refractivity contribution in [1.82, 2.24) is 14.5 Å². The van der Waals surface area contributed by atoms with Gasteiger partial charge in [0.1, 0.15) is 11.1 Å². The Bertz CT molecular complexity index is 932. The van der Waals surface area contributed by atoms with Crippen LogP contribution in [0.4, 0.5) is 0 Å². The molecule has 0 radical (unpaired) electrons. The van der Waals surface area contributed by atoms with Gasteiger partial charge >= 0.3 is 0 Å². The van der Waals surface area contributed by atoms with Gasteiger partial charge < -0.3 is 4.57 Å². The summed E-state index contributed by atoms with van der Waals surface area (Å²) >= 11 is 14.1. The van der Waals surface area contributed by atoms with Gasteiger partial charge in [-0.1, -0.05) is 41.0 Å². The minimum Gasteiger partial charge on any atom is -0.311 e. The molecular weight excluding hydrogens is 351 g/mol. The van der Waals surface area contributed by atoms with E-state index in [1.165, 1.54) is 11.8 Å². The Hall–Kier alpha value is -1.56. The maximum Gasteiger partial charge on any atom is 0.189 e. The first-order valence-electron chi connectivity index (χ1n) is 7.00. The lowest BCUT2D eigenvalue weighted by Gasteiger charge is -2.14. The number of aromatic nitrogens is 3. The van der Waals surface area contributed by atoms with E-state index in [9.17, 15) is 0 Å². The maximum atomic E-state index is 8.57. The van der Waals surface area contributed by atoms with Crippen molar-refractivity contribution in [1.29, 1.82) is 5.41 Å². The molecule has 0 aliphatic heterocycles. The van der Waals surface area contributed by atoms with Crippen molar-refractivity contribution in [2.24, 2.45) is 0 Å². The molecule has 0 bridgehead atoms. The quantitative estimate of drug-likeness (QED) is 0.544. The summed E-state index contributed by atoms with van der Waals surface area (Å²) in [7, 11) is 0. The van der Waals surface area contributed by atoms with Crippen molar-refractivity contribution in [3.8, 4) is 11.1 Å². The first-order valence-corrected chi connectivity index (χ1v) is 8.98. The summed E-state index contributed by atoms with van der Waals surface area (Å²) in [6.45, 7) is 2.60. The maximum absolute atomic E-state index is 8.57. The van der Waals surface area contributed by atoms with Crippen LogP contribution in [-0.2, 0) is 6.54 Å². The molecule has 1 N–H and O–H groups in total. The Kier molecular flexibility index (Phi) is 4.62. The fourth-order valence-corrected chi connectivity index (χ4v) is 3.45. The predicted molar refractivity (Wildman–Crippen MR) is 96.3 cm³/mol. The zero-order valence-electron chi connectivity index (χ0n) is 12.6. The van der Waals surface area contributed by atoms with Crippen molar-refractivity contribution in [3.05, 3.63) is 46.0 Å². The molecular formula is C16H14Cl2N4S. The zero-order chi connectivity index (χ0) is 16.6. The van der Waals surface area contributed by atoms with Crippen LogP contribution in [0.2, 0.25) is 10.0 Å². The number of rotatable bonds is 3. The molecule has 3 rings (SSSR count). The number of aryl methyl sites for hydroxylation is 1. The van der Waals surface area contributed by atoms with Gasteiger partial charge in [-0.25, -0.2) is 9.97 Å². The van der Waals surface area contributed by atoms with E-state index in [2.05, 4.69) is 9.97 Å². The summed E-state index contributed by atoms with van der Waals surface area (Å²) in [5.74, 6) is 0. The van der Waals surface area contributed by atoms with Gasteiger partial charge in [-0.3, -0.25) is 5.41 Å². The van der Waals surface area contributed by atoms with Gasteiger partial charge in [0.15, 0.2) is 5.16 Å². The summed E-state index contributed by atoms with van der Waals surface area (Å²) in [6.07, 6.45) is 3.70. The number of fused-ring (bicyclic) bond motifs is 1. The van der Waals surface area contributed by atoms with E-state index in [-0.39, 0.29) is 0 Å². The van der Waals surface area contributed by atoms with Crippen LogP contribution in [0, 0.1) is 5.41 Å². The highest BCUT2D eigenvalue weighted by molar-refractivity contribution is 7.98. The molecule has 0 unspecified atom stereocenters. The second-order valence-corrected chi connectivity index (χ2v) is 6.47. The lowest BCUT2D eigenvalue weighted by atomic mass is 10.1. The summed E-state index contributed by atoms with van der Waals surface area (Å²) in [4.78, 5) is 8.86. The molecule has 7 heteroatoms. The summed E-state index contributed by atoms with van der Waals surface area (Å²) < 4.78 is 1.84. The van der Waals surface area contributed by atoms with E-state index in [0.717, 1.165) is 11.0 Å². The van der Waals surface area contributed by atoms with Crippen LogP contribution < -0.4 is 5.49 Å². The smallest absolute Gasteiger partial charge is 0.189 e. The van der Waals surface area contributed by atoms with Gasteiger partial charge in [-0.05, 0) is 31.4 Å². The Morgan fingerprint density at radius 2 is 1.96 bits per heavy atom. The predicted octanol–water partition coefficient (Wildman–Crippen LogP) is 4.63. The number of pyridine rings is 1. The van der Waals surface area contributed by atoms with E-state index in [4.69, 9.17) is 28.6 Å². The van der Waals surface area contributed by atoms with Crippen LogP contribution in [0.15, 0.2) is 35.6 Å². The molecule has 23 heavy (non-hydrogen) atoms. The molecule has 0 aliphatic carbocycles. The fourth-order valence-electron chi connectivity index (χ4n) is 2.51. The number of benzene rings is 1. The SMILES string of the molecule is CCn1c(=N)c(-c2c(Cl)cccc2Cl)cc2cnc(SC)nc21. The Morgan fingerprint density at radius 3 is 2.57 bits per heavy atom. The normalized spacial score (nSPS) is 11.1. The molecule has 0 spiro atoms. The molecule has 0 saturated carbocycles. The molecule has 4 nitrogen and oxygen atoms in total. The van der Waals surface area contributed by atoms with Gasteiger partial charge in [-0.2, -0.15) is 0 Å². The molecule has 2 heterocycles. The average molecular weight is 365 g/mol. The number of hydrogen-bond donors (Lipinski definition) is 1. The third-order valence-corrected chi connectivity index (χ3v) is 4.78. The van der Waals surface area contributed by atoms with E-state index in [0.29, 0.717) is 38.4 Å². The molecule has 0 amide bonds. The van der Waals surface area contributed by atoms with Crippen LogP contribution in [0.1, 0.15) is 6.92 Å². The molecule has 2 aromatic heterocycles. The molecule has 0 atom stereocenters. The molecule has 1 aromatic carbocycles. The van der Waals surface area contributed by atoms with Gasteiger partial charge in [0.25, 0.3) is 0 Å². The van der Waals surface area contributed by atoms with Gasteiger partial charge in [0.2, 0.25) is 0 Å². The molecule has 0 fully saturated rings. The highest BCUT2D eigenvalue weighted by atomic mass is 35.5.